The van der Waals surface area contributed by atoms with E-state index in [-0.39, 0.29) is 12.4 Å². The summed E-state index contributed by atoms with van der Waals surface area (Å²) >= 11 is 0. The zero-order valence-corrected chi connectivity index (χ0v) is 6.79. The van der Waals surface area contributed by atoms with E-state index in [9.17, 15) is 9.18 Å². The second-order valence-electron chi connectivity index (χ2n) is 2.81. The first-order valence-electron chi connectivity index (χ1n) is 3.88. The zero-order chi connectivity index (χ0) is 9.26. The fourth-order valence-corrected chi connectivity index (χ4v) is 1.23. The SMILES string of the molecule is O=CC1=Cc2cc(F)ccc2OC1. The fraction of sp³-hybridized carbons (Fsp3) is 0.100. The van der Waals surface area contributed by atoms with Crippen LogP contribution in [-0.2, 0) is 4.79 Å². The van der Waals surface area contributed by atoms with Crippen molar-refractivity contribution in [1.82, 2.24) is 0 Å². The molecule has 0 atom stereocenters. The Labute approximate surface area is 74.6 Å². The normalized spacial score (nSPS) is 14.1. The maximum absolute atomic E-state index is 12.8. The summed E-state index contributed by atoms with van der Waals surface area (Å²) in [4.78, 5) is 10.4. The van der Waals surface area contributed by atoms with Crippen LogP contribution in [0.3, 0.4) is 0 Å². The smallest absolute Gasteiger partial charge is 0.149 e. The van der Waals surface area contributed by atoms with E-state index in [1.165, 1.54) is 12.1 Å². The van der Waals surface area contributed by atoms with Gasteiger partial charge in [0.15, 0.2) is 0 Å². The first-order valence-corrected chi connectivity index (χ1v) is 3.88. The van der Waals surface area contributed by atoms with Gasteiger partial charge in [-0.1, -0.05) is 0 Å². The number of carbonyl (C=O) groups excluding carboxylic acids is 1. The second kappa shape index (κ2) is 3.01. The summed E-state index contributed by atoms with van der Waals surface area (Å²) in [5.41, 5.74) is 1.14. The van der Waals surface area contributed by atoms with Gasteiger partial charge in [0.2, 0.25) is 0 Å². The Morgan fingerprint density at radius 1 is 1.46 bits per heavy atom. The van der Waals surface area contributed by atoms with E-state index in [1.807, 2.05) is 0 Å². The number of carbonyl (C=O) groups is 1. The summed E-state index contributed by atoms with van der Waals surface area (Å²) in [6.45, 7) is 0.266. The van der Waals surface area contributed by atoms with Crippen molar-refractivity contribution in [2.75, 3.05) is 6.61 Å². The molecule has 2 nitrogen and oxygen atoms in total. The summed E-state index contributed by atoms with van der Waals surface area (Å²) in [5, 5.41) is 0. The van der Waals surface area contributed by atoms with Crippen molar-refractivity contribution in [1.29, 1.82) is 0 Å². The monoisotopic (exact) mass is 178 g/mol. The van der Waals surface area contributed by atoms with Crippen LogP contribution in [0, 0.1) is 5.82 Å². The summed E-state index contributed by atoms with van der Waals surface area (Å²) in [7, 11) is 0. The predicted molar refractivity (Wildman–Crippen MR) is 45.9 cm³/mol. The van der Waals surface area contributed by atoms with Gasteiger partial charge in [-0.2, -0.15) is 0 Å². The second-order valence-corrected chi connectivity index (χ2v) is 2.81. The molecule has 0 saturated carbocycles. The minimum absolute atomic E-state index is 0.266. The molecular weight excluding hydrogens is 171 g/mol. The number of rotatable bonds is 1. The Bertz CT molecular complexity index is 383. The predicted octanol–water partition coefficient (Wildman–Crippen LogP) is 1.80. The molecule has 13 heavy (non-hydrogen) atoms. The Kier molecular flexibility index (Phi) is 1.85. The van der Waals surface area contributed by atoms with E-state index in [0.717, 1.165) is 0 Å². The Balaban J connectivity index is 2.49. The molecule has 0 radical (unpaired) electrons. The van der Waals surface area contributed by atoms with Gasteiger partial charge in [0.25, 0.3) is 0 Å². The standard InChI is InChI=1S/C10H7FO2/c11-9-1-2-10-8(4-9)3-7(5-12)6-13-10/h1-5H,6H2. The number of hydrogen-bond donors (Lipinski definition) is 0. The van der Waals surface area contributed by atoms with Crippen molar-refractivity contribution < 1.29 is 13.9 Å². The van der Waals surface area contributed by atoms with Crippen LogP contribution in [-0.4, -0.2) is 12.9 Å². The highest BCUT2D eigenvalue weighted by Gasteiger charge is 2.10. The number of halogens is 1. The fourth-order valence-electron chi connectivity index (χ4n) is 1.23. The molecule has 0 aliphatic carbocycles. The highest BCUT2D eigenvalue weighted by atomic mass is 19.1. The molecule has 0 aromatic heterocycles. The minimum Gasteiger partial charge on any atom is -0.488 e. The van der Waals surface area contributed by atoms with Crippen molar-refractivity contribution in [3.05, 3.63) is 35.2 Å². The van der Waals surface area contributed by atoms with Gasteiger partial charge >= 0.3 is 0 Å². The topological polar surface area (TPSA) is 26.3 Å². The van der Waals surface area contributed by atoms with Crippen molar-refractivity contribution in [3.8, 4) is 5.75 Å². The average Bonchev–Trinajstić information content (AvgIpc) is 2.16. The molecule has 1 heterocycles. The summed E-state index contributed by atoms with van der Waals surface area (Å²) in [5.74, 6) is 0.290. The summed E-state index contributed by atoms with van der Waals surface area (Å²) < 4.78 is 18.0. The largest absolute Gasteiger partial charge is 0.488 e. The van der Waals surface area contributed by atoms with Crippen LogP contribution in [0.1, 0.15) is 5.56 Å². The molecule has 3 heteroatoms. The van der Waals surface area contributed by atoms with Crippen LogP contribution in [0.5, 0.6) is 5.75 Å². The maximum Gasteiger partial charge on any atom is 0.149 e. The van der Waals surface area contributed by atoms with Gasteiger partial charge in [-0.3, -0.25) is 4.79 Å². The van der Waals surface area contributed by atoms with Crippen molar-refractivity contribution in [3.63, 3.8) is 0 Å². The first kappa shape index (κ1) is 7.98. The number of ether oxygens (including phenoxy) is 1. The number of aldehydes is 1. The highest BCUT2D eigenvalue weighted by molar-refractivity contribution is 5.84. The van der Waals surface area contributed by atoms with Crippen molar-refractivity contribution >= 4 is 12.4 Å². The maximum atomic E-state index is 12.8. The van der Waals surface area contributed by atoms with E-state index in [1.54, 1.807) is 12.1 Å². The number of fused-ring (bicyclic) bond motifs is 1. The third-order valence-corrected chi connectivity index (χ3v) is 1.86. The van der Waals surface area contributed by atoms with Crippen LogP contribution >= 0.6 is 0 Å². The van der Waals surface area contributed by atoms with E-state index in [0.29, 0.717) is 23.2 Å². The molecule has 0 saturated heterocycles. The third-order valence-electron chi connectivity index (χ3n) is 1.86. The lowest BCUT2D eigenvalue weighted by atomic mass is 10.1. The molecule has 0 fully saturated rings. The molecule has 1 aliphatic rings. The molecule has 2 rings (SSSR count). The molecule has 0 bridgehead atoms. The lowest BCUT2D eigenvalue weighted by molar-refractivity contribution is -0.105. The Morgan fingerprint density at radius 2 is 2.31 bits per heavy atom. The molecule has 66 valence electrons. The van der Waals surface area contributed by atoms with E-state index >= 15 is 0 Å². The van der Waals surface area contributed by atoms with Gasteiger partial charge in [0.1, 0.15) is 24.5 Å². The van der Waals surface area contributed by atoms with Crippen LogP contribution in [0.25, 0.3) is 6.08 Å². The molecule has 1 aromatic rings. The lowest BCUT2D eigenvalue weighted by Gasteiger charge is -2.14. The first-order chi connectivity index (χ1) is 6.29. The van der Waals surface area contributed by atoms with Gasteiger partial charge in [-0.15, -0.1) is 0 Å². The molecule has 0 N–H and O–H groups in total. The average molecular weight is 178 g/mol. The van der Waals surface area contributed by atoms with E-state index in [4.69, 9.17) is 4.74 Å². The van der Waals surface area contributed by atoms with Gasteiger partial charge < -0.3 is 4.74 Å². The molecule has 0 unspecified atom stereocenters. The third kappa shape index (κ3) is 1.45. The number of benzene rings is 1. The molecule has 1 aliphatic heterocycles. The molecular formula is C10H7FO2. The molecule has 0 amide bonds. The van der Waals surface area contributed by atoms with Crippen LogP contribution in [0.2, 0.25) is 0 Å². The van der Waals surface area contributed by atoms with Gasteiger partial charge in [-0.05, 0) is 24.3 Å². The zero-order valence-electron chi connectivity index (χ0n) is 6.79. The molecule has 0 spiro atoms. The van der Waals surface area contributed by atoms with Gasteiger partial charge in [0, 0.05) is 11.1 Å². The van der Waals surface area contributed by atoms with Gasteiger partial charge in [0.05, 0.1) is 0 Å². The van der Waals surface area contributed by atoms with Crippen LogP contribution < -0.4 is 4.74 Å². The van der Waals surface area contributed by atoms with Crippen LogP contribution in [0.15, 0.2) is 23.8 Å². The van der Waals surface area contributed by atoms with E-state index < -0.39 is 0 Å². The summed E-state index contributed by atoms with van der Waals surface area (Å²) in [6.07, 6.45) is 2.35. The van der Waals surface area contributed by atoms with Crippen molar-refractivity contribution in [2.45, 2.75) is 0 Å². The summed E-state index contributed by atoms with van der Waals surface area (Å²) in [6, 6.07) is 4.24. The van der Waals surface area contributed by atoms with Crippen LogP contribution in [0.4, 0.5) is 4.39 Å². The number of hydrogen-bond acceptors (Lipinski definition) is 2. The minimum atomic E-state index is -0.328. The Hall–Kier alpha value is -1.64. The quantitative estimate of drug-likeness (QED) is 0.613. The lowest BCUT2D eigenvalue weighted by Crippen LogP contribution is -2.07. The van der Waals surface area contributed by atoms with E-state index in [2.05, 4.69) is 0 Å². The van der Waals surface area contributed by atoms with Crippen molar-refractivity contribution in [2.24, 2.45) is 0 Å². The Morgan fingerprint density at radius 3 is 3.08 bits per heavy atom. The van der Waals surface area contributed by atoms with Gasteiger partial charge in [-0.25, -0.2) is 4.39 Å². The highest BCUT2D eigenvalue weighted by Crippen LogP contribution is 2.25. The molecule has 1 aromatic carbocycles.